The Morgan fingerprint density at radius 2 is 1.60 bits per heavy atom. The highest BCUT2D eigenvalue weighted by molar-refractivity contribution is 6.34. The number of rotatable bonds is 3. The van der Waals surface area contributed by atoms with Crippen molar-refractivity contribution < 1.29 is 4.74 Å². The van der Waals surface area contributed by atoms with Crippen molar-refractivity contribution in [1.82, 2.24) is 0 Å². The molecule has 106 valence electrons. The summed E-state index contributed by atoms with van der Waals surface area (Å²) in [5, 5.41) is 1.15. The van der Waals surface area contributed by atoms with Crippen molar-refractivity contribution in [2.24, 2.45) is 5.73 Å². The first-order valence-electron chi connectivity index (χ1n) is 6.29. The zero-order valence-corrected chi connectivity index (χ0v) is 13.2. The fraction of sp³-hybridized carbons (Fsp3) is 0.250. The third-order valence-electron chi connectivity index (χ3n) is 3.27. The molecule has 0 aliphatic rings. The van der Waals surface area contributed by atoms with Crippen molar-refractivity contribution in [2.45, 2.75) is 19.9 Å². The molecule has 2 N–H and O–H groups in total. The lowest BCUT2D eigenvalue weighted by Gasteiger charge is -2.20. The van der Waals surface area contributed by atoms with Crippen molar-refractivity contribution in [3.05, 3.63) is 62.6 Å². The van der Waals surface area contributed by atoms with Gasteiger partial charge in [0.15, 0.2) is 0 Å². The van der Waals surface area contributed by atoms with Gasteiger partial charge in [-0.1, -0.05) is 29.3 Å². The van der Waals surface area contributed by atoms with E-state index in [1.165, 1.54) is 0 Å². The summed E-state index contributed by atoms with van der Waals surface area (Å²) >= 11 is 12.1. The van der Waals surface area contributed by atoms with Gasteiger partial charge >= 0.3 is 0 Å². The molecule has 0 aliphatic heterocycles. The highest BCUT2D eigenvalue weighted by Gasteiger charge is 2.18. The van der Waals surface area contributed by atoms with Crippen LogP contribution in [0, 0.1) is 13.8 Å². The molecule has 0 amide bonds. The quantitative estimate of drug-likeness (QED) is 0.894. The molecule has 0 spiro atoms. The Kier molecular flexibility index (Phi) is 4.59. The van der Waals surface area contributed by atoms with E-state index in [1.807, 2.05) is 32.0 Å². The standard InChI is InChI=1S/C16H17Cl2NO/c1-9-4-10(2)15(14(5-9)20-3)16(19)11-6-12(17)8-13(18)7-11/h4-8,16H,19H2,1-3H3. The number of hydrogen-bond donors (Lipinski definition) is 1. The molecule has 0 saturated heterocycles. The molecule has 0 heterocycles. The summed E-state index contributed by atoms with van der Waals surface area (Å²) in [6.45, 7) is 4.05. The van der Waals surface area contributed by atoms with Crippen LogP contribution in [0.5, 0.6) is 5.75 Å². The van der Waals surface area contributed by atoms with Gasteiger partial charge in [0.05, 0.1) is 13.2 Å². The molecule has 0 saturated carbocycles. The second kappa shape index (κ2) is 6.04. The van der Waals surface area contributed by atoms with Crippen LogP contribution in [0.1, 0.15) is 28.3 Å². The predicted octanol–water partition coefficient (Wildman–Crippen LogP) is 4.67. The molecule has 2 nitrogen and oxygen atoms in total. The van der Waals surface area contributed by atoms with Gasteiger partial charge in [-0.2, -0.15) is 0 Å². The largest absolute Gasteiger partial charge is 0.496 e. The summed E-state index contributed by atoms with van der Waals surface area (Å²) in [5.41, 5.74) is 10.4. The fourth-order valence-electron chi connectivity index (χ4n) is 2.43. The number of hydrogen-bond acceptors (Lipinski definition) is 2. The Bertz CT molecular complexity index is 620. The van der Waals surface area contributed by atoms with Crippen molar-refractivity contribution in [2.75, 3.05) is 7.11 Å². The van der Waals surface area contributed by atoms with Crippen LogP contribution in [0.15, 0.2) is 30.3 Å². The zero-order valence-electron chi connectivity index (χ0n) is 11.7. The average Bonchev–Trinajstić information content (AvgIpc) is 2.35. The van der Waals surface area contributed by atoms with Gasteiger partial charge in [0.2, 0.25) is 0 Å². The maximum Gasteiger partial charge on any atom is 0.124 e. The molecule has 2 rings (SSSR count). The maximum absolute atomic E-state index is 6.38. The second-order valence-electron chi connectivity index (χ2n) is 4.88. The van der Waals surface area contributed by atoms with Crippen LogP contribution in [-0.4, -0.2) is 7.11 Å². The molecule has 20 heavy (non-hydrogen) atoms. The minimum absolute atomic E-state index is 0.332. The van der Waals surface area contributed by atoms with Gasteiger partial charge in [-0.25, -0.2) is 0 Å². The molecular weight excluding hydrogens is 293 g/mol. The van der Waals surface area contributed by atoms with E-state index in [1.54, 1.807) is 13.2 Å². The summed E-state index contributed by atoms with van der Waals surface area (Å²) in [5.74, 6) is 0.783. The van der Waals surface area contributed by atoms with Gasteiger partial charge in [0, 0.05) is 15.6 Å². The third kappa shape index (κ3) is 3.09. The molecule has 1 atom stereocenters. The summed E-state index contributed by atoms with van der Waals surface area (Å²) in [7, 11) is 1.65. The van der Waals surface area contributed by atoms with Crippen LogP contribution < -0.4 is 10.5 Å². The van der Waals surface area contributed by atoms with E-state index in [0.717, 1.165) is 28.0 Å². The first-order valence-corrected chi connectivity index (χ1v) is 7.04. The molecule has 2 aromatic rings. The minimum Gasteiger partial charge on any atom is -0.496 e. The van der Waals surface area contributed by atoms with Gasteiger partial charge in [-0.05, 0) is 54.8 Å². The Hall–Kier alpha value is -1.22. The van der Waals surface area contributed by atoms with E-state index in [9.17, 15) is 0 Å². The van der Waals surface area contributed by atoms with Crippen LogP contribution in [0.2, 0.25) is 10.0 Å². The number of halogens is 2. The van der Waals surface area contributed by atoms with E-state index >= 15 is 0 Å². The number of nitrogens with two attached hydrogens (primary N) is 1. The smallest absolute Gasteiger partial charge is 0.124 e. The Morgan fingerprint density at radius 3 is 2.15 bits per heavy atom. The molecule has 0 aromatic heterocycles. The summed E-state index contributed by atoms with van der Waals surface area (Å²) < 4.78 is 5.46. The molecule has 0 fully saturated rings. The highest BCUT2D eigenvalue weighted by atomic mass is 35.5. The summed E-state index contributed by atoms with van der Waals surface area (Å²) in [6, 6.07) is 9.09. The number of ether oxygens (including phenoxy) is 1. The van der Waals surface area contributed by atoms with Crippen LogP contribution in [0.4, 0.5) is 0 Å². The van der Waals surface area contributed by atoms with Crippen molar-refractivity contribution in [3.8, 4) is 5.75 Å². The Labute approximate surface area is 129 Å². The van der Waals surface area contributed by atoms with E-state index < -0.39 is 0 Å². The molecule has 1 unspecified atom stereocenters. The lowest BCUT2D eigenvalue weighted by Crippen LogP contribution is -2.15. The minimum atomic E-state index is -0.332. The number of methoxy groups -OCH3 is 1. The third-order valence-corrected chi connectivity index (χ3v) is 3.70. The number of benzene rings is 2. The van der Waals surface area contributed by atoms with Crippen molar-refractivity contribution >= 4 is 23.2 Å². The topological polar surface area (TPSA) is 35.2 Å². The van der Waals surface area contributed by atoms with Crippen LogP contribution in [0.3, 0.4) is 0 Å². The lowest BCUT2D eigenvalue weighted by atomic mass is 9.93. The van der Waals surface area contributed by atoms with Crippen LogP contribution >= 0.6 is 23.2 Å². The van der Waals surface area contributed by atoms with E-state index in [0.29, 0.717) is 10.0 Å². The van der Waals surface area contributed by atoms with Crippen molar-refractivity contribution in [3.63, 3.8) is 0 Å². The average molecular weight is 310 g/mol. The molecular formula is C16H17Cl2NO. The fourth-order valence-corrected chi connectivity index (χ4v) is 2.97. The monoisotopic (exact) mass is 309 g/mol. The van der Waals surface area contributed by atoms with Gasteiger partial charge < -0.3 is 10.5 Å². The summed E-state index contributed by atoms with van der Waals surface area (Å²) in [4.78, 5) is 0. The second-order valence-corrected chi connectivity index (χ2v) is 5.75. The van der Waals surface area contributed by atoms with E-state index in [2.05, 4.69) is 6.07 Å². The van der Waals surface area contributed by atoms with Gasteiger partial charge in [0.1, 0.15) is 5.75 Å². The molecule has 0 bridgehead atoms. The molecule has 0 radical (unpaired) electrons. The van der Waals surface area contributed by atoms with Gasteiger partial charge in [-0.3, -0.25) is 0 Å². The Balaban J connectivity index is 2.55. The maximum atomic E-state index is 6.38. The summed E-state index contributed by atoms with van der Waals surface area (Å²) in [6.07, 6.45) is 0. The van der Waals surface area contributed by atoms with Crippen molar-refractivity contribution in [1.29, 1.82) is 0 Å². The predicted molar refractivity (Wildman–Crippen MR) is 85.0 cm³/mol. The highest BCUT2D eigenvalue weighted by Crippen LogP contribution is 2.34. The normalized spacial score (nSPS) is 12.3. The lowest BCUT2D eigenvalue weighted by molar-refractivity contribution is 0.407. The van der Waals surface area contributed by atoms with Gasteiger partial charge in [0.25, 0.3) is 0 Å². The van der Waals surface area contributed by atoms with Crippen LogP contribution in [-0.2, 0) is 0 Å². The molecule has 4 heteroatoms. The van der Waals surface area contributed by atoms with E-state index in [4.69, 9.17) is 33.7 Å². The van der Waals surface area contributed by atoms with Gasteiger partial charge in [-0.15, -0.1) is 0 Å². The molecule has 0 aliphatic carbocycles. The van der Waals surface area contributed by atoms with E-state index in [-0.39, 0.29) is 6.04 Å². The first kappa shape index (κ1) is 15.2. The zero-order chi connectivity index (χ0) is 14.9. The SMILES string of the molecule is COc1cc(C)cc(C)c1C(N)c1cc(Cl)cc(Cl)c1. The first-order chi connectivity index (χ1) is 9.42. The molecule has 2 aromatic carbocycles. The van der Waals surface area contributed by atoms with Crippen LogP contribution in [0.25, 0.3) is 0 Å². The number of aryl methyl sites for hydroxylation is 2. The Morgan fingerprint density at radius 1 is 1.00 bits per heavy atom.